The zero-order valence-electron chi connectivity index (χ0n) is 3.90. The molecule has 0 rings (SSSR count). The maximum atomic E-state index is 9.99. The molecule has 0 aromatic heterocycles. The molecule has 4 N–H and O–H groups in total. The predicted octanol–water partition coefficient (Wildman–Crippen LogP) is -1.92. The van der Waals surface area contributed by atoms with E-state index >= 15 is 0 Å². The Hall–Kier alpha value is -0.640. The third kappa shape index (κ3) is 1.88. The number of hydrogen-bond acceptors (Lipinski definition) is 4. The maximum Gasteiger partial charge on any atom is 0.238 e. The van der Waals surface area contributed by atoms with Gasteiger partial charge in [0.1, 0.15) is 0 Å². The lowest BCUT2D eigenvalue weighted by Gasteiger charge is -1.93. The zero-order valence-corrected chi connectivity index (χ0v) is 4.72. The molecule has 0 saturated carbocycles. The molecule has 8 heavy (non-hydrogen) atoms. The van der Waals surface area contributed by atoms with Gasteiger partial charge in [0.25, 0.3) is 0 Å². The smallest absolute Gasteiger partial charge is 0.238 e. The molecule has 0 bridgehead atoms. The maximum absolute atomic E-state index is 9.99. The summed E-state index contributed by atoms with van der Waals surface area (Å²) in [5, 5.41) is 10.7. The molecule has 46 valence electrons. The van der Waals surface area contributed by atoms with Crippen molar-refractivity contribution in [2.24, 2.45) is 10.9 Å². The topological polar surface area (TPSA) is 110 Å². The Balaban J connectivity index is 4.34. The lowest BCUT2D eigenvalue weighted by molar-refractivity contribution is 0.592. The van der Waals surface area contributed by atoms with Crippen LogP contribution in [0.1, 0.15) is 0 Å². The molecule has 0 heterocycles. The summed E-state index contributed by atoms with van der Waals surface area (Å²) in [4.78, 5) is 0. The van der Waals surface area contributed by atoms with Gasteiger partial charge in [-0.3, -0.25) is 0 Å². The lowest BCUT2D eigenvalue weighted by Crippen LogP contribution is -2.34. The molecule has 0 aromatic rings. The van der Waals surface area contributed by atoms with Crippen LogP contribution in [0.4, 0.5) is 0 Å². The van der Waals surface area contributed by atoms with Crippen molar-refractivity contribution in [3.63, 3.8) is 0 Å². The molecule has 0 aliphatic heterocycles. The Labute approximate surface area is 46.9 Å². The highest BCUT2D eigenvalue weighted by Gasteiger charge is 2.13. The van der Waals surface area contributed by atoms with Crippen molar-refractivity contribution in [3.8, 4) is 6.07 Å². The van der Waals surface area contributed by atoms with Crippen molar-refractivity contribution in [1.82, 2.24) is 0 Å². The highest BCUT2D eigenvalue weighted by atomic mass is 32.2. The summed E-state index contributed by atoms with van der Waals surface area (Å²) in [5.74, 6) is 0. The standard InChI is InChI=1S/C2H5N3O2S/c3-1-2(4)8(5,6)7/h2H,4H2,(H2,5,6,7). The quantitative estimate of drug-likeness (QED) is 0.436. The number of rotatable bonds is 1. The van der Waals surface area contributed by atoms with Crippen molar-refractivity contribution in [1.29, 1.82) is 5.26 Å². The highest BCUT2D eigenvalue weighted by molar-refractivity contribution is 7.89. The van der Waals surface area contributed by atoms with Gasteiger partial charge >= 0.3 is 0 Å². The van der Waals surface area contributed by atoms with E-state index < -0.39 is 15.4 Å². The highest BCUT2D eigenvalue weighted by Crippen LogP contribution is 1.80. The summed E-state index contributed by atoms with van der Waals surface area (Å²) in [6.45, 7) is 0. The van der Waals surface area contributed by atoms with Crippen molar-refractivity contribution >= 4 is 10.0 Å². The third-order valence-corrected chi connectivity index (χ3v) is 1.29. The summed E-state index contributed by atoms with van der Waals surface area (Å²) in [6.07, 6.45) is 0. The molecular weight excluding hydrogens is 130 g/mol. The predicted molar refractivity (Wildman–Crippen MR) is 26.7 cm³/mol. The first-order chi connectivity index (χ1) is 3.48. The Morgan fingerprint density at radius 2 is 2.00 bits per heavy atom. The second kappa shape index (κ2) is 2.09. The molecule has 1 atom stereocenters. The molecule has 0 fully saturated rings. The molecule has 0 spiro atoms. The molecule has 0 aliphatic rings. The van der Waals surface area contributed by atoms with Crippen LogP contribution in [-0.4, -0.2) is 13.8 Å². The van der Waals surface area contributed by atoms with E-state index in [1.165, 1.54) is 6.07 Å². The van der Waals surface area contributed by atoms with E-state index in [-0.39, 0.29) is 0 Å². The fraction of sp³-hybridized carbons (Fsp3) is 0.500. The van der Waals surface area contributed by atoms with Gasteiger partial charge in [0.2, 0.25) is 15.4 Å². The van der Waals surface area contributed by atoms with Gasteiger partial charge in [0, 0.05) is 0 Å². The van der Waals surface area contributed by atoms with E-state index in [2.05, 4.69) is 10.9 Å². The second-order valence-corrected chi connectivity index (χ2v) is 2.82. The van der Waals surface area contributed by atoms with E-state index in [1.54, 1.807) is 0 Å². The summed E-state index contributed by atoms with van der Waals surface area (Å²) in [6, 6.07) is 1.27. The van der Waals surface area contributed by atoms with E-state index in [4.69, 9.17) is 5.26 Å². The van der Waals surface area contributed by atoms with Gasteiger partial charge in [0.05, 0.1) is 6.07 Å². The molecule has 6 heteroatoms. The molecule has 0 radical (unpaired) electrons. The average Bonchev–Trinajstić information content (AvgIpc) is 1.62. The van der Waals surface area contributed by atoms with Crippen LogP contribution in [0, 0.1) is 11.3 Å². The number of hydrogen-bond donors (Lipinski definition) is 2. The molecule has 0 saturated heterocycles. The van der Waals surface area contributed by atoms with Crippen molar-refractivity contribution in [2.75, 3.05) is 0 Å². The van der Waals surface area contributed by atoms with Gasteiger partial charge < -0.3 is 5.73 Å². The van der Waals surface area contributed by atoms with Crippen LogP contribution in [-0.2, 0) is 10.0 Å². The van der Waals surface area contributed by atoms with E-state index in [1.807, 2.05) is 0 Å². The minimum Gasteiger partial charge on any atom is -0.302 e. The fourth-order valence-electron chi connectivity index (χ4n) is 0.0735. The van der Waals surface area contributed by atoms with Crippen LogP contribution in [0.3, 0.4) is 0 Å². The van der Waals surface area contributed by atoms with Gasteiger partial charge in [-0.1, -0.05) is 0 Å². The number of nitriles is 1. The first-order valence-corrected chi connectivity index (χ1v) is 3.26. The summed E-state index contributed by atoms with van der Waals surface area (Å²) >= 11 is 0. The normalized spacial score (nSPS) is 14.6. The minimum absolute atomic E-state index is 1.27. The molecule has 1 unspecified atom stereocenters. The van der Waals surface area contributed by atoms with Gasteiger partial charge in [0.15, 0.2) is 0 Å². The molecule has 0 aromatic carbocycles. The van der Waals surface area contributed by atoms with Gasteiger partial charge in [-0.2, -0.15) is 5.26 Å². The van der Waals surface area contributed by atoms with Crippen LogP contribution in [0.5, 0.6) is 0 Å². The van der Waals surface area contributed by atoms with Gasteiger partial charge in [-0.15, -0.1) is 0 Å². The zero-order chi connectivity index (χ0) is 6.78. The Morgan fingerprint density at radius 3 is 2.00 bits per heavy atom. The Bertz CT molecular complexity index is 200. The first kappa shape index (κ1) is 7.36. The van der Waals surface area contributed by atoms with E-state index in [9.17, 15) is 8.42 Å². The minimum atomic E-state index is -3.84. The monoisotopic (exact) mass is 135 g/mol. The molecule has 0 amide bonds. The van der Waals surface area contributed by atoms with Crippen molar-refractivity contribution in [2.45, 2.75) is 5.37 Å². The molecule has 5 nitrogen and oxygen atoms in total. The fourth-order valence-corrected chi connectivity index (χ4v) is 0.220. The lowest BCUT2D eigenvalue weighted by atomic mass is 10.8. The number of nitrogens with zero attached hydrogens (tertiary/aromatic N) is 1. The SMILES string of the molecule is N#CC(N)S(N)(=O)=O. The van der Waals surface area contributed by atoms with Crippen molar-refractivity contribution < 1.29 is 8.42 Å². The summed E-state index contributed by atoms with van der Waals surface area (Å²) in [5.41, 5.74) is 4.68. The third-order valence-electron chi connectivity index (χ3n) is 0.481. The van der Waals surface area contributed by atoms with E-state index in [0.29, 0.717) is 0 Å². The van der Waals surface area contributed by atoms with Crippen LogP contribution < -0.4 is 10.9 Å². The van der Waals surface area contributed by atoms with Crippen molar-refractivity contribution in [3.05, 3.63) is 0 Å². The Kier molecular flexibility index (Phi) is 1.92. The first-order valence-electron chi connectivity index (χ1n) is 1.65. The van der Waals surface area contributed by atoms with Crippen LogP contribution in [0.15, 0.2) is 0 Å². The van der Waals surface area contributed by atoms with Crippen LogP contribution in [0.25, 0.3) is 0 Å². The number of sulfonamides is 1. The van der Waals surface area contributed by atoms with E-state index in [0.717, 1.165) is 0 Å². The summed E-state index contributed by atoms with van der Waals surface area (Å²) < 4.78 is 20.0. The molecule has 0 aliphatic carbocycles. The van der Waals surface area contributed by atoms with Crippen LogP contribution >= 0.6 is 0 Å². The van der Waals surface area contributed by atoms with Gasteiger partial charge in [-0.05, 0) is 0 Å². The second-order valence-electron chi connectivity index (χ2n) is 1.14. The van der Waals surface area contributed by atoms with Gasteiger partial charge in [-0.25, -0.2) is 13.6 Å². The summed E-state index contributed by atoms with van der Waals surface area (Å²) in [7, 11) is -3.84. The average molecular weight is 135 g/mol. The molecular formula is C2H5N3O2S. The number of primary sulfonamides is 1. The number of nitrogens with two attached hydrogens (primary N) is 2. The van der Waals surface area contributed by atoms with Crippen LogP contribution in [0.2, 0.25) is 0 Å². The largest absolute Gasteiger partial charge is 0.302 e. The Morgan fingerprint density at radius 1 is 1.62 bits per heavy atom.